The van der Waals surface area contributed by atoms with E-state index in [0.29, 0.717) is 13.0 Å². The summed E-state index contributed by atoms with van der Waals surface area (Å²) >= 11 is 0. The number of urea groups is 1. The Morgan fingerprint density at radius 2 is 1.86 bits per heavy atom. The molecular formula is C16H30N2O3S. The first kappa shape index (κ1) is 17.6. The molecule has 1 aliphatic heterocycles. The summed E-state index contributed by atoms with van der Waals surface area (Å²) in [6.07, 6.45) is 9.67. The maximum Gasteiger partial charge on any atom is 0.315 e. The minimum atomic E-state index is -2.86. The minimum Gasteiger partial charge on any atom is -0.338 e. The Morgan fingerprint density at radius 1 is 1.14 bits per heavy atom. The topological polar surface area (TPSA) is 75.3 Å². The molecule has 1 aliphatic carbocycles. The smallest absolute Gasteiger partial charge is 0.315 e. The number of nitrogens with one attached hydrogen (secondary N) is 2. The number of rotatable bonds is 6. The standard InChI is InChI=1S/C16H30N2O3S/c1-13(7-8-14-5-3-2-4-6-14)18-16(19)17-11-15-9-10-22(20,21)12-15/h13-15H,2-12H2,1H3,(H2,17,18,19)/t13-,15-/m0/s1. The van der Waals surface area contributed by atoms with Gasteiger partial charge in [0.15, 0.2) is 9.84 Å². The van der Waals surface area contributed by atoms with Crippen LogP contribution in [-0.4, -0.2) is 38.5 Å². The fourth-order valence-corrected chi connectivity index (χ4v) is 5.44. The van der Waals surface area contributed by atoms with Crippen LogP contribution in [0.15, 0.2) is 0 Å². The van der Waals surface area contributed by atoms with Gasteiger partial charge in [-0.05, 0) is 38.0 Å². The van der Waals surface area contributed by atoms with Gasteiger partial charge in [0.05, 0.1) is 11.5 Å². The Labute approximate surface area is 134 Å². The van der Waals surface area contributed by atoms with E-state index >= 15 is 0 Å². The highest BCUT2D eigenvalue weighted by Crippen LogP contribution is 2.27. The second kappa shape index (κ2) is 8.18. The summed E-state index contributed by atoms with van der Waals surface area (Å²) in [5.74, 6) is 1.39. The Balaban J connectivity index is 1.57. The van der Waals surface area contributed by atoms with Crippen LogP contribution in [0.4, 0.5) is 4.79 Å². The Hall–Kier alpha value is -0.780. The van der Waals surface area contributed by atoms with Gasteiger partial charge < -0.3 is 10.6 Å². The SMILES string of the molecule is C[C@@H](CCC1CCCCC1)NC(=O)NC[C@@H]1CCS(=O)(=O)C1. The fourth-order valence-electron chi connectivity index (χ4n) is 3.58. The number of sulfone groups is 1. The predicted octanol–water partition coefficient (Wildman–Crippen LogP) is 2.47. The molecule has 2 amide bonds. The molecule has 0 radical (unpaired) electrons. The van der Waals surface area contributed by atoms with E-state index in [4.69, 9.17) is 0 Å². The molecule has 22 heavy (non-hydrogen) atoms. The van der Waals surface area contributed by atoms with Gasteiger partial charge >= 0.3 is 6.03 Å². The summed E-state index contributed by atoms with van der Waals surface area (Å²) in [5.41, 5.74) is 0. The Morgan fingerprint density at radius 3 is 2.50 bits per heavy atom. The van der Waals surface area contributed by atoms with Crippen molar-refractivity contribution in [3.63, 3.8) is 0 Å². The number of carbonyl (C=O) groups excluding carboxylic acids is 1. The number of carbonyl (C=O) groups is 1. The molecule has 2 N–H and O–H groups in total. The summed E-state index contributed by atoms with van der Waals surface area (Å²) in [5, 5.41) is 5.78. The summed E-state index contributed by atoms with van der Waals surface area (Å²) in [6.45, 7) is 2.50. The van der Waals surface area contributed by atoms with Crippen molar-refractivity contribution in [2.75, 3.05) is 18.1 Å². The first-order valence-electron chi connectivity index (χ1n) is 8.69. The molecule has 0 aromatic heterocycles. The lowest BCUT2D eigenvalue weighted by Gasteiger charge is -2.23. The van der Waals surface area contributed by atoms with E-state index in [0.717, 1.165) is 12.3 Å². The average Bonchev–Trinajstić information content (AvgIpc) is 2.83. The molecule has 5 nitrogen and oxygen atoms in total. The molecular weight excluding hydrogens is 300 g/mol. The van der Waals surface area contributed by atoms with E-state index in [-0.39, 0.29) is 29.5 Å². The monoisotopic (exact) mass is 330 g/mol. The molecule has 0 aromatic carbocycles. The van der Waals surface area contributed by atoms with Crippen molar-refractivity contribution < 1.29 is 13.2 Å². The lowest BCUT2D eigenvalue weighted by Crippen LogP contribution is -2.42. The van der Waals surface area contributed by atoms with Crippen LogP contribution in [0.25, 0.3) is 0 Å². The van der Waals surface area contributed by atoms with Crippen molar-refractivity contribution in [2.45, 2.75) is 64.3 Å². The third-order valence-electron chi connectivity index (χ3n) is 4.99. The van der Waals surface area contributed by atoms with Crippen LogP contribution in [0.5, 0.6) is 0 Å². The van der Waals surface area contributed by atoms with E-state index in [1.54, 1.807) is 0 Å². The van der Waals surface area contributed by atoms with Gasteiger partial charge in [0, 0.05) is 12.6 Å². The lowest BCUT2D eigenvalue weighted by molar-refractivity contribution is 0.234. The molecule has 0 bridgehead atoms. The summed E-state index contributed by atoms with van der Waals surface area (Å²) in [4.78, 5) is 11.9. The molecule has 1 saturated carbocycles. The van der Waals surface area contributed by atoms with Crippen molar-refractivity contribution in [1.29, 1.82) is 0 Å². The molecule has 2 rings (SSSR count). The zero-order chi connectivity index (χ0) is 16.0. The van der Waals surface area contributed by atoms with Crippen molar-refractivity contribution in [3.8, 4) is 0 Å². The maximum atomic E-state index is 11.9. The van der Waals surface area contributed by atoms with Gasteiger partial charge in [-0.1, -0.05) is 32.1 Å². The molecule has 0 unspecified atom stereocenters. The Bertz CT molecular complexity index is 458. The van der Waals surface area contributed by atoms with Gasteiger partial charge in [0.2, 0.25) is 0 Å². The van der Waals surface area contributed by atoms with Crippen LogP contribution in [0, 0.1) is 11.8 Å². The normalized spacial score (nSPS) is 26.5. The van der Waals surface area contributed by atoms with Crippen molar-refractivity contribution in [2.24, 2.45) is 11.8 Å². The van der Waals surface area contributed by atoms with Gasteiger partial charge in [0.25, 0.3) is 0 Å². The summed E-state index contributed by atoms with van der Waals surface area (Å²) < 4.78 is 22.7. The zero-order valence-electron chi connectivity index (χ0n) is 13.6. The van der Waals surface area contributed by atoms with Crippen molar-refractivity contribution in [1.82, 2.24) is 10.6 Å². The predicted molar refractivity (Wildman–Crippen MR) is 88.6 cm³/mol. The first-order chi connectivity index (χ1) is 10.4. The van der Waals surface area contributed by atoms with Gasteiger partial charge in [-0.2, -0.15) is 0 Å². The minimum absolute atomic E-state index is 0.0771. The maximum absolute atomic E-state index is 11.9. The largest absolute Gasteiger partial charge is 0.338 e. The van der Waals surface area contributed by atoms with E-state index in [1.807, 2.05) is 6.92 Å². The first-order valence-corrected chi connectivity index (χ1v) is 10.5. The summed E-state index contributed by atoms with van der Waals surface area (Å²) in [7, 11) is -2.86. The van der Waals surface area contributed by atoms with Gasteiger partial charge in [-0.25, -0.2) is 13.2 Å². The quantitative estimate of drug-likeness (QED) is 0.785. The lowest BCUT2D eigenvalue weighted by atomic mass is 9.85. The molecule has 2 fully saturated rings. The molecule has 2 aliphatic rings. The second-order valence-electron chi connectivity index (χ2n) is 7.11. The van der Waals surface area contributed by atoms with Crippen molar-refractivity contribution >= 4 is 15.9 Å². The molecule has 2 atom stereocenters. The molecule has 0 spiro atoms. The van der Waals surface area contributed by atoms with Crippen LogP contribution in [0.1, 0.15) is 58.3 Å². The number of hydrogen-bond donors (Lipinski definition) is 2. The van der Waals surface area contributed by atoms with E-state index in [2.05, 4.69) is 10.6 Å². The molecule has 1 heterocycles. The number of amides is 2. The summed E-state index contributed by atoms with van der Waals surface area (Å²) in [6, 6.07) is 0.00896. The van der Waals surface area contributed by atoms with Gasteiger partial charge in [-0.3, -0.25) is 0 Å². The van der Waals surface area contributed by atoms with Crippen LogP contribution < -0.4 is 10.6 Å². The van der Waals surface area contributed by atoms with E-state index in [9.17, 15) is 13.2 Å². The highest BCUT2D eigenvalue weighted by atomic mass is 32.2. The highest BCUT2D eigenvalue weighted by Gasteiger charge is 2.28. The second-order valence-corrected chi connectivity index (χ2v) is 9.33. The van der Waals surface area contributed by atoms with Crippen LogP contribution in [0.3, 0.4) is 0 Å². The third kappa shape index (κ3) is 6.15. The van der Waals surface area contributed by atoms with Crippen LogP contribution in [0.2, 0.25) is 0 Å². The fraction of sp³-hybridized carbons (Fsp3) is 0.938. The van der Waals surface area contributed by atoms with Gasteiger partial charge in [-0.15, -0.1) is 0 Å². The van der Waals surface area contributed by atoms with E-state index in [1.165, 1.54) is 38.5 Å². The van der Waals surface area contributed by atoms with Crippen LogP contribution in [-0.2, 0) is 9.84 Å². The molecule has 1 saturated heterocycles. The highest BCUT2D eigenvalue weighted by molar-refractivity contribution is 7.91. The molecule has 128 valence electrons. The average molecular weight is 330 g/mol. The number of hydrogen-bond acceptors (Lipinski definition) is 3. The van der Waals surface area contributed by atoms with Gasteiger partial charge in [0.1, 0.15) is 0 Å². The zero-order valence-corrected chi connectivity index (χ0v) is 14.5. The molecule has 6 heteroatoms. The Kier molecular flexibility index (Phi) is 6.53. The molecule has 0 aromatic rings. The third-order valence-corrected chi connectivity index (χ3v) is 6.83. The van der Waals surface area contributed by atoms with Crippen LogP contribution >= 0.6 is 0 Å². The van der Waals surface area contributed by atoms with Crippen molar-refractivity contribution in [3.05, 3.63) is 0 Å². The van der Waals surface area contributed by atoms with E-state index < -0.39 is 9.84 Å².